The Morgan fingerprint density at radius 1 is 1.19 bits per heavy atom. The Bertz CT molecular complexity index is 843. The minimum atomic E-state index is -1.22. The summed E-state index contributed by atoms with van der Waals surface area (Å²) in [4.78, 5) is 41.6. The van der Waals surface area contributed by atoms with Gasteiger partial charge < -0.3 is 24.7 Å². The van der Waals surface area contributed by atoms with Crippen molar-refractivity contribution in [2.24, 2.45) is 0 Å². The summed E-state index contributed by atoms with van der Waals surface area (Å²) in [7, 11) is 4.61. The van der Waals surface area contributed by atoms with Crippen LogP contribution >= 0.6 is 0 Å². The summed E-state index contributed by atoms with van der Waals surface area (Å²) in [5, 5.41) is 4.90. The van der Waals surface area contributed by atoms with Crippen molar-refractivity contribution in [3.05, 3.63) is 30.8 Å². The maximum Gasteiger partial charge on any atom is 0.313 e. The van der Waals surface area contributed by atoms with Crippen LogP contribution < -0.4 is 15.4 Å². The average molecular weight is 374 g/mol. The van der Waals surface area contributed by atoms with Gasteiger partial charge in [0.2, 0.25) is 5.91 Å². The van der Waals surface area contributed by atoms with Crippen molar-refractivity contribution in [2.45, 2.75) is 19.4 Å². The predicted molar refractivity (Wildman–Crippen MR) is 98.0 cm³/mol. The van der Waals surface area contributed by atoms with Crippen molar-refractivity contribution >= 4 is 23.4 Å². The number of carbonyl (C=O) groups excluding carboxylic acids is 3. The van der Waals surface area contributed by atoms with Gasteiger partial charge in [-0.2, -0.15) is 0 Å². The van der Waals surface area contributed by atoms with E-state index in [0.29, 0.717) is 22.8 Å². The van der Waals surface area contributed by atoms with E-state index >= 15 is 0 Å². The van der Waals surface area contributed by atoms with Crippen LogP contribution in [0, 0.1) is 0 Å². The molecule has 9 heteroatoms. The highest BCUT2D eigenvalue weighted by Gasteiger charge is 2.32. The Kier molecular flexibility index (Phi) is 5.84. The highest BCUT2D eigenvalue weighted by atomic mass is 16.5. The third kappa shape index (κ3) is 4.63. The molecule has 1 aromatic heterocycles. The second-order valence-electron chi connectivity index (χ2n) is 6.51. The summed E-state index contributed by atoms with van der Waals surface area (Å²) in [6.45, 7) is 3.05. The zero-order chi connectivity index (χ0) is 20.2. The number of methoxy groups -OCH3 is 1. The summed E-state index contributed by atoms with van der Waals surface area (Å²) in [5.41, 5.74) is -0.215. The molecule has 0 saturated heterocycles. The molecule has 2 N–H and O–H groups in total. The number of nitrogens with one attached hydrogen (secondary N) is 2. The Morgan fingerprint density at radius 3 is 2.44 bits per heavy atom. The second kappa shape index (κ2) is 7.90. The first-order chi connectivity index (χ1) is 12.7. The Morgan fingerprint density at radius 2 is 1.89 bits per heavy atom. The lowest BCUT2D eigenvalue weighted by atomic mass is 10.0. The highest BCUT2D eigenvalue weighted by Crippen LogP contribution is 2.32. The van der Waals surface area contributed by atoms with E-state index in [9.17, 15) is 14.4 Å². The van der Waals surface area contributed by atoms with Gasteiger partial charge in [0, 0.05) is 25.8 Å². The largest absolute Gasteiger partial charge is 0.496 e. The van der Waals surface area contributed by atoms with Crippen LogP contribution in [0.1, 0.15) is 13.8 Å². The van der Waals surface area contributed by atoms with E-state index in [1.807, 2.05) is 0 Å². The Labute approximate surface area is 156 Å². The Hall–Kier alpha value is -3.36. The van der Waals surface area contributed by atoms with Gasteiger partial charge in [-0.3, -0.25) is 14.4 Å². The number of benzene rings is 1. The van der Waals surface area contributed by atoms with E-state index in [4.69, 9.17) is 9.15 Å². The van der Waals surface area contributed by atoms with Crippen molar-refractivity contribution in [1.82, 2.24) is 15.2 Å². The average Bonchev–Trinajstić information content (AvgIpc) is 3.14. The number of oxazole rings is 1. The molecule has 0 bridgehead atoms. The molecule has 2 rings (SSSR count). The van der Waals surface area contributed by atoms with Gasteiger partial charge in [0.05, 0.1) is 18.9 Å². The van der Waals surface area contributed by atoms with Crippen LogP contribution in [0.2, 0.25) is 0 Å². The van der Waals surface area contributed by atoms with Crippen LogP contribution in [0.15, 0.2) is 35.2 Å². The van der Waals surface area contributed by atoms with Crippen LogP contribution in [0.25, 0.3) is 11.3 Å². The molecule has 0 radical (unpaired) electrons. The number of hydrogen-bond acceptors (Lipinski definition) is 6. The van der Waals surface area contributed by atoms with Crippen LogP contribution in [-0.2, 0) is 14.4 Å². The molecule has 0 saturated carbocycles. The molecule has 0 unspecified atom stereocenters. The first-order valence-corrected chi connectivity index (χ1v) is 8.08. The number of carbonyl (C=O) groups is 3. The third-order valence-electron chi connectivity index (χ3n) is 3.73. The number of rotatable bonds is 5. The second-order valence-corrected chi connectivity index (χ2v) is 6.51. The first-order valence-electron chi connectivity index (χ1n) is 8.08. The lowest BCUT2D eigenvalue weighted by molar-refractivity contribution is -0.142. The van der Waals surface area contributed by atoms with Crippen molar-refractivity contribution < 1.29 is 23.5 Å². The van der Waals surface area contributed by atoms with Gasteiger partial charge in [0.1, 0.15) is 11.3 Å². The molecule has 0 spiro atoms. The molecular weight excluding hydrogens is 352 g/mol. The molecule has 1 heterocycles. The van der Waals surface area contributed by atoms with Crippen molar-refractivity contribution in [3.8, 4) is 17.1 Å². The number of amides is 3. The van der Waals surface area contributed by atoms with Gasteiger partial charge in [-0.1, -0.05) is 0 Å². The van der Waals surface area contributed by atoms with E-state index < -0.39 is 17.4 Å². The summed E-state index contributed by atoms with van der Waals surface area (Å²) in [6.07, 6.45) is 2.83. The van der Waals surface area contributed by atoms with Gasteiger partial charge in [-0.05, 0) is 26.0 Å². The minimum absolute atomic E-state index is 0.332. The number of likely N-dealkylation sites (N-methyl/N-ethyl adjacent to an activating group) is 1. The first kappa shape index (κ1) is 20.0. The SMILES string of the molecule is COc1cc(NC(=O)C(=O)NC(C)(C)C(=O)N(C)C)ccc1-c1cnco1. The van der Waals surface area contributed by atoms with E-state index in [2.05, 4.69) is 15.6 Å². The van der Waals surface area contributed by atoms with Crippen molar-refractivity contribution in [2.75, 3.05) is 26.5 Å². The van der Waals surface area contributed by atoms with Crippen LogP contribution in [-0.4, -0.2) is 54.3 Å². The molecule has 0 aliphatic heterocycles. The summed E-state index contributed by atoms with van der Waals surface area (Å²) < 4.78 is 10.5. The fourth-order valence-corrected chi connectivity index (χ4v) is 2.46. The topological polar surface area (TPSA) is 114 Å². The van der Waals surface area contributed by atoms with Gasteiger partial charge in [-0.25, -0.2) is 4.98 Å². The van der Waals surface area contributed by atoms with Gasteiger partial charge >= 0.3 is 11.8 Å². The fourth-order valence-electron chi connectivity index (χ4n) is 2.46. The smallest absolute Gasteiger partial charge is 0.313 e. The zero-order valence-electron chi connectivity index (χ0n) is 15.8. The number of hydrogen-bond donors (Lipinski definition) is 2. The van der Waals surface area contributed by atoms with Gasteiger partial charge in [-0.15, -0.1) is 0 Å². The molecular formula is C18H22N4O5. The molecule has 1 aromatic carbocycles. The van der Waals surface area contributed by atoms with Gasteiger partial charge in [0.25, 0.3) is 0 Å². The lowest BCUT2D eigenvalue weighted by Gasteiger charge is -2.27. The maximum absolute atomic E-state index is 12.2. The van der Waals surface area contributed by atoms with Crippen molar-refractivity contribution in [1.29, 1.82) is 0 Å². The van der Waals surface area contributed by atoms with E-state index in [0.717, 1.165) is 0 Å². The summed E-state index contributed by atoms with van der Waals surface area (Å²) in [6, 6.07) is 4.83. The molecule has 3 amide bonds. The monoisotopic (exact) mass is 374 g/mol. The molecule has 144 valence electrons. The van der Waals surface area contributed by atoms with Crippen molar-refractivity contribution in [3.63, 3.8) is 0 Å². The Balaban J connectivity index is 2.11. The number of nitrogens with zero attached hydrogens (tertiary/aromatic N) is 2. The third-order valence-corrected chi connectivity index (χ3v) is 3.73. The minimum Gasteiger partial charge on any atom is -0.496 e. The normalized spacial score (nSPS) is 10.9. The molecule has 2 aromatic rings. The molecule has 27 heavy (non-hydrogen) atoms. The van der Waals surface area contributed by atoms with Gasteiger partial charge in [0.15, 0.2) is 12.2 Å². The quantitative estimate of drug-likeness (QED) is 0.762. The van der Waals surface area contributed by atoms with E-state index in [1.54, 1.807) is 32.3 Å². The molecule has 0 fully saturated rings. The van der Waals surface area contributed by atoms with Crippen LogP contribution in [0.4, 0.5) is 5.69 Å². The zero-order valence-corrected chi connectivity index (χ0v) is 15.8. The molecule has 0 aliphatic rings. The van der Waals surface area contributed by atoms with E-state index in [-0.39, 0.29) is 5.91 Å². The standard InChI is InChI=1S/C18H22N4O5/c1-18(2,17(25)22(3)4)21-16(24)15(23)20-11-6-7-12(13(8-11)26-5)14-9-19-10-27-14/h6-10H,1-5H3,(H,20,23)(H,21,24). The number of aromatic nitrogens is 1. The molecule has 0 atom stereocenters. The maximum atomic E-state index is 12.2. The summed E-state index contributed by atoms with van der Waals surface area (Å²) in [5.74, 6) is -1.21. The lowest BCUT2D eigenvalue weighted by Crippen LogP contribution is -2.56. The summed E-state index contributed by atoms with van der Waals surface area (Å²) >= 11 is 0. The fraction of sp³-hybridized carbons (Fsp3) is 0.333. The van der Waals surface area contributed by atoms with Crippen LogP contribution in [0.3, 0.4) is 0 Å². The van der Waals surface area contributed by atoms with E-state index in [1.165, 1.54) is 38.4 Å². The van der Waals surface area contributed by atoms with Crippen LogP contribution in [0.5, 0.6) is 5.75 Å². The highest BCUT2D eigenvalue weighted by molar-refractivity contribution is 6.40. The molecule has 0 aliphatic carbocycles. The number of ether oxygens (including phenoxy) is 1. The molecule has 9 nitrogen and oxygen atoms in total. The number of anilines is 1. The predicted octanol–water partition coefficient (Wildman–Crippen LogP) is 1.27.